The van der Waals surface area contributed by atoms with Crippen LogP contribution in [0.25, 0.3) is 22.0 Å². The summed E-state index contributed by atoms with van der Waals surface area (Å²) in [5.74, 6) is 0.493. The predicted molar refractivity (Wildman–Crippen MR) is 110 cm³/mol. The zero-order valence-corrected chi connectivity index (χ0v) is 15.4. The van der Waals surface area contributed by atoms with Gasteiger partial charge in [0.05, 0.1) is 11.9 Å². The summed E-state index contributed by atoms with van der Waals surface area (Å²) in [6.45, 7) is 4.18. The number of carbonyl (C=O) groups excluding carboxylic acids is 1. The normalized spacial score (nSPS) is 10.9. The van der Waals surface area contributed by atoms with Gasteiger partial charge >= 0.3 is 0 Å². The fourth-order valence-corrected chi connectivity index (χ4v) is 3.35. The molecule has 3 aromatic carbocycles. The minimum absolute atomic E-state index is 0.0766. The van der Waals surface area contributed by atoms with Crippen molar-refractivity contribution in [1.29, 1.82) is 0 Å². The van der Waals surface area contributed by atoms with E-state index >= 15 is 0 Å². The lowest BCUT2D eigenvalue weighted by atomic mass is 9.97. The van der Waals surface area contributed by atoms with Crippen LogP contribution in [0.1, 0.15) is 16.7 Å². The number of aryl methyl sites for hydroxylation is 2. The van der Waals surface area contributed by atoms with Crippen LogP contribution in [0, 0.1) is 13.8 Å². The van der Waals surface area contributed by atoms with Gasteiger partial charge in [-0.15, -0.1) is 0 Å². The summed E-state index contributed by atoms with van der Waals surface area (Å²) in [7, 11) is 0. The second kappa shape index (κ2) is 7.08. The zero-order chi connectivity index (χ0) is 18.8. The number of fused-ring (bicyclic) bond motifs is 1. The summed E-state index contributed by atoms with van der Waals surface area (Å²) in [6.07, 6.45) is 0.325. The molecule has 0 aliphatic rings. The van der Waals surface area contributed by atoms with E-state index in [0.29, 0.717) is 12.2 Å². The van der Waals surface area contributed by atoms with Crippen LogP contribution in [-0.4, -0.2) is 16.1 Å². The second-order valence-corrected chi connectivity index (χ2v) is 6.86. The quantitative estimate of drug-likeness (QED) is 0.539. The summed E-state index contributed by atoms with van der Waals surface area (Å²) in [4.78, 5) is 12.4. The van der Waals surface area contributed by atoms with Crippen molar-refractivity contribution in [3.8, 4) is 11.1 Å². The van der Waals surface area contributed by atoms with Crippen LogP contribution in [0.5, 0.6) is 0 Å². The number of amides is 1. The maximum atomic E-state index is 12.4. The molecule has 27 heavy (non-hydrogen) atoms. The van der Waals surface area contributed by atoms with Crippen molar-refractivity contribution in [1.82, 2.24) is 10.2 Å². The number of rotatable bonds is 4. The van der Waals surface area contributed by atoms with Crippen molar-refractivity contribution in [2.45, 2.75) is 20.3 Å². The highest BCUT2D eigenvalue weighted by molar-refractivity contribution is 6.02. The molecule has 0 atom stereocenters. The van der Waals surface area contributed by atoms with E-state index in [4.69, 9.17) is 0 Å². The summed E-state index contributed by atoms with van der Waals surface area (Å²) < 4.78 is 0. The van der Waals surface area contributed by atoms with Crippen molar-refractivity contribution in [2.24, 2.45) is 0 Å². The molecule has 0 aliphatic heterocycles. The molecule has 4 aromatic rings. The van der Waals surface area contributed by atoms with Gasteiger partial charge in [0.1, 0.15) is 0 Å². The maximum Gasteiger partial charge on any atom is 0.230 e. The molecule has 0 bridgehead atoms. The Balaban J connectivity index is 1.66. The molecular weight excluding hydrogens is 334 g/mol. The number of H-pyrrole nitrogens is 1. The second-order valence-electron chi connectivity index (χ2n) is 6.86. The first-order chi connectivity index (χ1) is 13.1. The van der Waals surface area contributed by atoms with Crippen LogP contribution < -0.4 is 5.32 Å². The minimum Gasteiger partial charge on any atom is -0.308 e. The first-order valence-electron chi connectivity index (χ1n) is 9.00. The van der Waals surface area contributed by atoms with Crippen LogP contribution >= 0.6 is 0 Å². The average molecular weight is 355 g/mol. The third kappa shape index (κ3) is 3.60. The Morgan fingerprint density at radius 2 is 1.81 bits per heavy atom. The third-order valence-corrected chi connectivity index (χ3v) is 4.70. The Morgan fingerprint density at radius 1 is 1.00 bits per heavy atom. The van der Waals surface area contributed by atoms with Crippen molar-refractivity contribution in [3.05, 3.63) is 83.4 Å². The van der Waals surface area contributed by atoms with Gasteiger partial charge < -0.3 is 5.32 Å². The van der Waals surface area contributed by atoms with E-state index in [0.717, 1.165) is 27.6 Å². The number of anilines is 1. The Kier molecular flexibility index (Phi) is 4.47. The summed E-state index contributed by atoms with van der Waals surface area (Å²) >= 11 is 0. The van der Waals surface area contributed by atoms with Gasteiger partial charge in [-0.25, -0.2) is 0 Å². The topological polar surface area (TPSA) is 57.8 Å². The SMILES string of the molecule is Cc1cccc(-c2cc3c(NC(=O)Cc4ccccc4)n[nH]c3cc2C)c1. The van der Waals surface area contributed by atoms with Crippen LogP contribution in [0.2, 0.25) is 0 Å². The van der Waals surface area contributed by atoms with Crippen LogP contribution in [0.15, 0.2) is 66.7 Å². The van der Waals surface area contributed by atoms with Gasteiger partial charge in [0.25, 0.3) is 0 Å². The first kappa shape index (κ1) is 17.0. The van der Waals surface area contributed by atoms with E-state index in [1.165, 1.54) is 11.1 Å². The number of hydrogen-bond donors (Lipinski definition) is 2. The van der Waals surface area contributed by atoms with Gasteiger partial charge in [-0.05, 0) is 48.2 Å². The summed E-state index contributed by atoms with van der Waals surface area (Å²) in [6, 6.07) is 22.3. The van der Waals surface area contributed by atoms with E-state index in [9.17, 15) is 4.79 Å². The minimum atomic E-state index is -0.0766. The van der Waals surface area contributed by atoms with Gasteiger partial charge in [-0.3, -0.25) is 9.89 Å². The van der Waals surface area contributed by atoms with E-state index in [1.54, 1.807) is 0 Å². The fourth-order valence-electron chi connectivity index (χ4n) is 3.35. The van der Waals surface area contributed by atoms with E-state index in [2.05, 4.69) is 65.8 Å². The molecule has 0 saturated heterocycles. The molecule has 0 spiro atoms. The molecule has 0 radical (unpaired) electrons. The number of nitrogens with zero attached hydrogens (tertiary/aromatic N) is 1. The molecule has 0 aliphatic carbocycles. The molecule has 0 unspecified atom stereocenters. The monoisotopic (exact) mass is 355 g/mol. The van der Waals surface area contributed by atoms with Crippen LogP contribution in [0.3, 0.4) is 0 Å². The highest BCUT2D eigenvalue weighted by Gasteiger charge is 2.13. The van der Waals surface area contributed by atoms with Crippen molar-refractivity contribution >= 4 is 22.6 Å². The highest BCUT2D eigenvalue weighted by Crippen LogP contribution is 2.31. The maximum absolute atomic E-state index is 12.4. The number of aromatic nitrogens is 2. The molecule has 1 amide bonds. The Labute approximate surface area is 158 Å². The number of nitrogens with one attached hydrogen (secondary N) is 2. The number of benzene rings is 3. The summed E-state index contributed by atoms with van der Waals surface area (Å²) in [5, 5.41) is 11.2. The lowest BCUT2D eigenvalue weighted by Crippen LogP contribution is -2.14. The Bertz CT molecular complexity index is 1110. The largest absolute Gasteiger partial charge is 0.308 e. The predicted octanol–water partition coefficient (Wildman–Crippen LogP) is 5.03. The van der Waals surface area contributed by atoms with Gasteiger partial charge in [0.2, 0.25) is 5.91 Å². The fraction of sp³-hybridized carbons (Fsp3) is 0.130. The average Bonchev–Trinajstić information content (AvgIpc) is 3.03. The molecule has 4 nitrogen and oxygen atoms in total. The Morgan fingerprint density at radius 3 is 2.59 bits per heavy atom. The molecule has 2 N–H and O–H groups in total. The first-order valence-corrected chi connectivity index (χ1v) is 9.00. The van der Waals surface area contributed by atoms with Gasteiger partial charge in [0.15, 0.2) is 5.82 Å². The van der Waals surface area contributed by atoms with Gasteiger partial charge in [-0.1, -0.05) is 60.2 Å². The lowest BCUT2D eigenvalue weighted by Gasteiger charge is -2.08. The van der Waals surface area contributed by atoms with Crippen molar-refractivity contribution in [3.63, 3.8) is 0 Å². The third-order valence-electron chi connectivity index (χ3n) is 4.70. The molecule has 4 rings (SSSR count). The molecule has 4 heteroatoms. The van der Waals surface area contributed by atoms with Gasteiger partial charge in [0, 0.05) is 5.39 Å². The van der Waals surface area contributed by atoms with Crippen LogP contribution in [-0.2, 0) is 11.2 Å². The number of hydrogen-bond acceptors (Lipinski definition) is 2. The summed E-state index contributed by atoms with van der Waals surface area (Å²) in [5.41, 5.74) is 6.59. The van der Waals surface area contributed by atoms with Crippen LogP contribution in [0.4, 0.5) is 5.82 Å². The molecule has 1 aromatic heterocycles. The molecule has 1 heterocycles. The number of aromatic amines is 1. The Hall–Kier alpha value is -3.40. The van der Waals surface area contributed by atoms with E-state index in [-0.39, 0.29) is 5.91 Å². The lowest BCUT2D eigenvalue weighted by molar-refractivity contribution is -0.115. The molecule has 0 fully saturated rings. The van der Waals surface area contributed by atoms with E-state index in [1.807, 2.05) is 30.3 Å². The van der Waals surface area contributed by atoms with E-state index < -0.39 is 0 Å². The molecule has 0 saturated carbocycles. The smallest absolute Gasteiger partial charge is 0.230 e. The number of carbonyl (C=O) groups is 1. The molecular formula is C23H21N3O. The molecule has 134 valence electrons. The van der Waals surface area contributed by atoms with Crippen molar-refractivity contribution in [2.75, 3.05) is 5.32 Å². The zero-order valence-electron chi connectivity index (χ0n) is 15.4. The van der Waals surface area contributed by atoms with Gasteiger partial charge in [-0.2, -0.15) is 5.10 Å². The van der Waals surface area contributed by atoms with Crippen molar-refractivity contribution < 1.29 is 4.79 Å². The highest BCUT2D eigenvalue weighted by atomic mass is 16.1. The standard InChI is InChI=1S/C23H21N3O/c1-15-7-6-10-18(11-15)19-14-20-21(12-16(19)2)25-26-23(20)24-22(27)13-17-8-4-3-5-9-17/h3-12,14H,13H2,1-2H3,(H2,24,25,26,27).